The molecule has 31 heavy (non-hydrogen) atoms. The lowest BCUT2D eigenvalue weighted by molar-refractivity contribution is 0.0319. The van der Waals surface area contributed by atoms with Gasteiger partial charge >= 0.3 is 5.97 Å². The number of benzene rings is 2. The third-order valence-corrected chi connectivity index (χ3v) is 7.12. The predicted molar refractivity (Wildman–Crippen MR) is 114 cm³/mol. The molecule has 0 aliphatic carbocycles. The zero-order valence-corrected chi connectivity index (χ0v) is 17.7. The molecule has 1 aliphatic heterocycles. The van der Waals surface area contributed by atoms with Crippen molar-refractivity contribution in [2.45, 2.75) is 17.9 Å². The number of nitrogens with zero attached hydrogens (tertiary/aromatic N) is 1. The van der Waals surface area contributed by atoms with Crippen molar-refractivity contribution < 1.29 is 27.5 Å². The van der Waals surface area contributed by atoms with Gasteiger partial charge in [0.2, 0.25) is 15.8 Å². The fourth-order valence-electron chi connectivity index (χ4n) is 3.48. The lowest BCUT2D eigenvalue weighted by atomic mass is 10.1. The topological polar surface area (TPSA) is 106 Å². The van der Waals surface area contributed by atoms with Crippen LogP contribution in [0.3, 0.4) is 0 Å². The highest BCUT2D eigenvalue weighted by atomic mass is 32.2. The summed E-state index contributed by atoms with van der Waals surface area (Å²) in [5.41, 5.74) is 1.43. The predicted octanol–water partition coefficient (Wildman–Crippen LogP) is 2.62. The summed E-state index contributed by atoms with van der Waals surface area (Å²) in [6, 6.07) is 12.9. The number of carbonyl (C=O) groups is 2. The summed E-state index contributed by atoms with van der Waals surface area (Å²) in [5.74, 6) is -1.02. The van der Waals surface area contributed by atoms with E-state index in [1.807, 2.05) is 24.3 Å². The second-order valence-electron chi connectivity index (χ2n) is 7.20. The lowest BCUT2D eigenvalue weighted by Crippen LogP contribution is -2.40. The van der Waals surface area contributed by atoms with E-state index in [0.29, 0.717) is 31.9 Å². The van der Waals surface area contributed by atoms with Gasteiger partial charge in [-0.2, -0.15) is 4.31 Å². The monoisotopic (exact) mass is 442 g/mol. The number of ether oxygens (including phenoxy) is 2. The molecule has 1 fully saturated rings. The molecule has 1 N–H and O–H groups in total. The number of carbonyl (C=O) groups excluding carboxylic acids is 2. The Bertz CT molecular complexity index is 1210. The molecule has 0 spiro atoms. The maximum Gasteiger partial charge on any atom is 0.338 e. The van der Waals surface area contributed by atoms with E-state index in [-0.39, 0.29) is 16.2 Å². The normalized spacial score (nSPS) is 16.2. The van der Waals surface area contributed by atoms with Crippen LogP contribution in [0.2, 0.25) is 0 Å². The molecule has 9 heteroatoms. The SMILES string of the molecule is CC(OC(=O)c1ccc(S(=O)(=O)N2CCOCC2)cc1)C(=O)c1c[nH]c2ccccc12. The summed E-state index contributed by atoms with van der Waals surface area (Å²) in [7, 11) is -3.65. The van der Waals surface area contributed by atoms with Crippen molar-refractivity contribution in [1.82, 2.24) is 9.29 Å². The fourth-order valence-corrected chi connectivity index (χ4v) is 4.88. The van der Waals surface area contributed by atoms with Gasteiger partial charge in [-0.25, -0.2) is 13.2 Å². The molecule has 1 aliphatic rings. The summed E-state index contributed by atoms with van der Waals surface area (Å²) in [4.78, 5) is 28.4. The van der Waals surface area contributed by atoms with Gasteiger partial charge in [-0.1, -0.05) is 18.2 Å². The molecule has 4 rings (SSSR count). The molecule has 2 aromatic carbocycles. The molecule has 0 amide bonds. The van der Waals surface area contributed by atoms with Crippen LogP contribution in [0.5, 0.6) is 0 Å². The van der Waals surface area contributed by atoms with Crippen molar-refractivity contribution in [3.8, 4) is 0 Å². The van der Waals surface area contributed by atoms with Gasteiger partial charge < -0.3 is 14.5 Å². The van der Waals surface area contributed by atoms with Crippen LogP contribution in [-0.2, 0) is 19.5 Å². The molecule has 2 heterocycles. The second-order valence-corrected chi connectivity index (χ2v) is 9.14. The van der Waals surface area contributed by atoms with E-state index in [9.17, 15) is 18.0 Å². The second kappa shape index (κ2) is 8.62. The average molecular weight is 442 g/mol. The first-order valence-corrected chi connectivity index (χ1v) is 11.3. The van der Waals surface area contributed by atoms with Crippen LogP contribution in [-0.4, -0.2) is 61.9 Å². The molecule has 1 unspecified atom stereocenters. The van der Waals surface area contributed by atoms with E-state index < -0.39 is 22.1 Å². The van der Waals surface area contributed by atoms with Crippen LogP contribution in [0.4, 0.5) is 0 Å². The molecule has 0 bridgehead atoms. The first kappa shape index (κ1) is 21.2. The Morgan fingerprint density at radius 1 is 1.06 bits per heavy atom. The first-order chi connectivity index (χ1) is 14.9. The van der Waals surface area contributed by atoms with Crippen LogP contribution in [0.15, 0.2) is 59.6 Å². The Morgan fingerprint density at radius 3 is 2.45 bits per heavy atom. The third kappa shape index (κ3) is 4.25. The Balaban J connectivity index is 1.45. The minimum absolute atomic E-state index is 0.0915. The highest BCUT2D eigenvalue weighted by Crippen LogP contribution is 2.21. The maximum atomic E-state index is 12.8. The van der Waals surface area contributed by atoms with Crippen molar-refractivity contribution in [2.24, 2.45) is 0 Å². The van der Waals surface area contributed by atoms with Gasteiger partial charge in [0, 0.05) is 35.8 Å². The number of hydrogen-bond donors (Lipinski definition) is 1. The minimum atomic E-state index is -3.65. The Morgan fingerprint density at radius 2 is 1.74 bits per heavy atom. The van der Waals surface area contributed by atoms with Crippen molar-refractivity contribution >= 4 is 32.7 Å². The van der Waals surface area contributed by atoms with Crippen LogP contribution in [0, 0.1) is 0 Å². The maximum absolute atomic E-state index is 12.8. The number of aromatic amines is 1. The van der Waals surface area contributed by atoms with E-state index in [2.05, 4.69) is 4.98 Å². The number of esters is 1. The van der Waals surface area contributed by atoms with E-state index in [4.69, 9.17) is 9.47 Å². The number of Topliss-reactive ketones (excluding diaryl/α,β-unsaturated/α-hetero) is 1. The number of para-hydroxylation sites is 1. The number of fused-ring (bicyclic) bond motifs is 1. The van der Waals surface area contributed by atoms with Gasteiger partial charge in [0.25, 0.3) is 0 Å². The van der Waals surface area contributed by atoms with Crippen LogP contribution in [0.1, 0.15) is 27.6 Å². The fraction of sp³-hybridized carbons (Fsp3) is 0.273. The van der Waals surface area contributed by atoms with E-state index in [0.717, 1.165) is 10.9 Å². The number of H-pyrrole nitrogens is 1. The van der Waals surface area contributed by atoms with Gasteiger partial charge in [-0.05, 0) is 37.3 Å². The number of aromatic nitrogens is 1. The number of morpholine rings is 1. The van der Waals surface area contributed by atoms with E-state index in [1.54, 1.807) is 6.20 Å². The highest BCUT2D eigenvalue weighted by Gasteiger charge is 2.27. The summed E-state index contributed by atoms with van der Waals surface area (Å²) >= 11 is 0. The molecule has 0 radical (unpaired) electrons. The number of rotatable bonds is 6. The zero-order valence-electron chi connectivity index (χ0n) is 16.9. The van der Waals surface area contributed by atoms with Crippen molar-refractivity contribution in [2.75, 3.05) is 26.3 Å². The third-order valence-electron chi connectivity index (χ3n) is 5.21. The summed E-state index contributed by atoms with van der Waals surface area (Å²) < 4.78 is 37.2. The lowest BCUT2D eigenvalue weighted by Gasteiger charge is -2.26. The smallest absolute Gasteiger partial charge is 0.338 e. The standard InChI is InChI=1S/C22H22N2O6S/c1-15(21(25)19-14-23-20-5-3-2-4-18(19)20)30-22(26)16-6-8-17(9-7-16)31(27,28)24-10-12-29-13-11-24/h2-9,14-15,23H,10-13H2,1H3. The molecule has 3 aromatic rings. The van der Waals surface area contributed by atoms with Gasteiger partial charge in [0.15, 0.2) is 6.10 Å². The quantitative estimate of drug-likeness (QED) is 0.465. The van der Waals surface area contributed by atoms with Gasteiger partial charge in [0.1, 0.15) is 0 Å². The average Bonchev–Trinajstić information content (AvgIpc) is 3.23. The number of ketones is 1. The summed E-state index contributed by atoms with van der Waals surface area (Å²) in [5, 5.41) is 0.757. The minimum Gasteiger partial charge on any atom is -0.451 e. The molecule has 1 saturated heterocycles. The molecular weight excluding hydrogens is 420 g/mol. The molecule has 162 valence electrons. The van der Waals surface area contributed by atoms with Crippen LogP contribution >= 0.6 is 0 Å². The molecule has 1 atom stereocenters. The van der Waals surface area contributed by atoms with Gasteiger partial charge in [-0.15, -0.1) is 0 Å². The number of nitrogens with one attached hydrogen (secondary N) is 1. The summed E-state index contributed by atoms with van der Waals surface area (Å²) in [6.07, 6.45) is 0.603. The van der Waals surface area contributed by atoms with Gasteiger partial charge in [-0.3, -0.25) is 4.79 Å². The van der Waals surface area contributed by atoms with E-state index in [1.165, 1.54) is 35.5 Å². The van der Waals surface area contributed by atoms with Crippen LogP contribution < -0.4 is 0 Å². The molecule has 1 aromatic heterocycles. The Hall–Kier alpha value is -3.01. The van der Waals surface area contributed by atoms with Gasteiger partial charge in [0.05, 0.1) is 23.7 Å². The summed E-state index contributed by atoms with van der Waals surface area (Å²) in [6.45, 7) is 2.80. The van der Waals surface area contributed by atoms with Crippen molar-refractivity contribution in [3.05, 3.63) is 65.9 Å². The highest BCUT2D eigenvalue weighted by molar-refractivity contribution is 7.89. The molecular formula is C22H22N2O6S. The first-order valence-electron chi connectivity index (χ1n) is 9.87. The Labute approximate surface area is 179 Å². The van der Waals surface area contributed by atoms with Crippen molar-refractivity contribution in [1.29, 1.82) is 0 Å². The molecule has 8 nitrogen and oxygen atoms in total. The van der Waals surface area contributed by atoms with Crippen molar-refractivity contribution in [3.63, 3.8) is 0 Å². The Kier molecular flexibility index (Phi) is 5.90. The zero-order chi connectivity index (χ0) is 22.0. The van der Waals surface area contributed by atoms with E-state index >= 15 is 0 Å². The van der Waals surface area contributed by atoms with Crippen LogP contribution in [0.25, 0.3) is 10.9 Å². The largest absolute Gasteiger partial charge is 0.451 e. The molecule has 0 saturated carbocycles. The number of hydrogen-bond acceptors (Lipinski definition) is 6. The number of sulfonamides is 1.